The van der Waals surface area contributed by atoms with Crippen LogP contribution >= 0.6 is 0 Å². The molecule has 118 valence electrons. The largest absolute Gasteiger partial charge is 0.507 e. The zero-order valence-electron chi connectivity index (χ0n) is 12.3. The van der Waals surface area contributed by atoms with Gasteiger partial charge in [-0.1, -0.05) is 0 Å². The lowest BCUT2D eigenvalue weighted by molar-refractivity contribution is 0.0638. The van der Waals surface area contributed by atoms with E-state index in [4.69, 9.17) is 5.11 Å². The lowest BCUT2D eigenvalue weighted by Gasteiger charge is -2.25. The lowest BCUT2D eigenvalue weighted by Crippen LogP contribution is -2.39. The molecule has 0 atom stereocenters. The lowest BCUT2D eigenvalue weighted by atomic mass is 10.1. The third kappa shape index (κ3) is 3.93. The van der Waals surface area contributed by atoms with Gasteiger partial charge in [-0.3, -0.25) is 0 Å². The molecule has 21 heavy (non-hydrogen) atoms. The number of carboxylic acid groups (broad SMARTS) is 1. The average Bonchev–Trinajstić information content (AvgIpc) is 2.25. The van der Waals surface area contributed by atoms with Gasteiger partial charge in [0.05, 0.1) is 10.5 Å². The fraction of sp³-hybridized carbons (Fsp3) is 0.462. The summed E-state index contributed by atoms with van der Waals surface area (Å²) in [5.41, 5.74) is -1.50. The van der Waals surface area contributed by atoms with Crippen LogP contribution < -0.4 is 0 Å². The number of likely N-dealkylation sites (N-methyl/N-ethyl adjacent to an activating group) is 1. The molecule has 0 saturated carbocycles. The number of carboxylic acids is 1. The van der Waals surface area contributed by atoms with Crippen LogP contribution in [-0.4, -0.2) is 53.2 Å². The van der Waals surface area contributed by atoms with Crippen LogP contribution in [-0.2, 0) is 10.0 Å². The molecule has 0 aromatic heterocycles. The number of sulfonamides is 1. The van der Waals surface area contributed by atoms with E-state index in [1.165, 1.54) is 27.8 Å². The third-order valence-electron chi connectivity index (χ3n) is 2.82. The van der Waals surface area contributed by atoms with E-state index >= 15 is 0 Å². The molecule has 0 aliphatic heterocycles. The standard InChI is InChI=1S/C13H19NO6S/c1-8-5-10(15)9(12(16)17)6-11(8)21(19,20)14(4)7-13(2,3)18/h5-6,15,18H,7H2,1-4H3,(H,16,17). The Labute approximate surface area is 123 Å². The van der Waals surface area contributed by atoms with Gasteiger partial charge in [0.2, 0.25) is 10.0 Å². The Kier molecular flexibility index (Phi) is 4.66. The molecule has 0 saturated heterocycles. The van der Waals surface area contributed by atoms with Crippen LogP contribution in [0.5, 0.6) is 5.75 Å². The molecular formula is C13H19NO6S. The fourth-order valence-electron chi connectivity index (χ4n) is 1.92. The van der Waals surface area contributed by atoms with Gasteiger partial charge in [-0.05, 0) is 38.5 Å². The Bertz CT molecular complexity index is 660. The van der Waals surface area contributed by atoms with Gasteiger partial charge in [0.1, 0.15) is 11.3 Å². The summed E-state index contributed by atoms with van der Waals surface area (Å²) in [6.45, 7) is 4.23. The molecule has 0 aliphatic rings. The SMILES string of the molecule is Cc1cc(O)c(C(=O)O)cc1S(=O)(=O)N(C)CC(C)(C)O. The van der Waals surface area contributed by atoms with Crippen molar-refractivity contribution in [2.75, 3.05) is 13.6 Å². The average molecular weight is 317 g/mol. The van der Waals surface area contributed by atoms with Gasteiger partial charge in [-0.25, -0.2) is 13.2 Å². The van der Waals surface area contributed by atoms with Crippen LogP contribution in [0.4, 0.5) is 0 Å². The van der Waals surface area contributed by atoms with Crippen LogP contribution in [0.3, 0.4) is 0 Å². The first-order chi connectivity index (χ1) is 9.36. The number of aliphatic hydroxyl groups is 1. The van der Waals surface area contributed by atoms with Crippen LogP contribution in [0.25, 0.3) is 0 Å². The van der Waals surface area contributed by atoms with E-state index in [0.29, 0.717) is 0 Å². The van der Waals surface area contributed by atoms with Crippen molar-refractivity contribution in [2.24, 2.45) is 0 Å². The van der Waals surface area contributed by atoms with E-state index in [9.17, 15) is 23.4 Å². The van der Waals surface area contributed by atoms with Gasteiger partial charge < -0.3 is 15.3 Å². The smallest absolute Gasteiger partial charge is 0.339 e. The molecule has 0 aliphatic carbocycles. The number of hydrogen-bond acceptors (Lipinski definition) is 5. The predicted octanol–water partition coefficient (Wildman–Crippen LogP) is 0.790. The minimum Gasteiger partial charge on any atom is -0.507 e. The van der Waals surface area contributed by atoms with E-state index in [2.05, 4.69) is 0 Å². The van der Waals surface area contributed by atoms with E-state index in [-0.39, 0.29) is 17.0 Å². The summed E-state index contributed by atoms with van der Waals surface area (Å²) in [6.07, 6.45) is 0. The van der Waals surface area contributed by atoms with Gasteiger partial charge >= 0.3 is 5.97 Å². The van der Waals surface area contributed by atoms with E-state index in [1.807, 2.05) is 0 Å². The van der Waals surface area contributed by atoms with Crippen molar-refractivity contribution < 1.29 is 28.5 Å². The van der Waals surface area contributed by atoms with Crippen molar-refractivity contribution in [3.8, 4) is 5.75 Å². The molecule has 0 fully saturated rings. The van der Waals surface area contributed by atoms with Crippen molar-refractivity contribution >= 4 is 16.0 Å². The van der Waals surface area contributed by atoms with Crippen LogP contribution in [0.2, 0.25) is 0 Å². The number of benzene rings is 1. The Morgan fingerprint density at radius 2 is 1.86 bits per heavy atom. The maximum absolute atomic E-state index is 12.5. The van der Waals surface area contributed by atoms with Crippen molar-refractivity contribution in [3.05, 3.63) is 23.3 Å². The molecular weight excluding hydrogens is 298 g/mol. The van der Waals surface area contributed by atoms with Crippen molar-refractivity contribution in [1.29, 1.82) is 0 Å². The minimum absolute atomic E-state index is 0.155. The number of aromatic hydroxyl groups is 1. The summed E-state index contributed by atoms with van der Waals surface area (Å²) >= 11 is 0. The van der Waals surface area contributed by atoms with E-state index in [0.717, 1.165) is 16.4 Å². The van der Waals surface area contributed by atoms with Crippen LogP contribution in [0.15, 0.2) is 17.0 Å². The molecule has 0 amide bonds. The number of carbonyl (C=O) groups is 1. The highest BCUT2D eigenvalue weighted by Gasteiger charge is 2.29. The van der Waals surface area contributed by atoms with Gasteiger partial charge in [0.25, 0.3) is 0 Å². The zero-order valence-corrected chi connectivity index (χ0v) is 13.1. The predicted molar refractivity (Wildman–Crippen MR) is 75.9 cm³/mol. The fourth-order valence-corrected chi connectivity index (χ4v) is 3.47. The third-order valence-corrected chi connectivity index (χ3v) is 4.77. The first kappa shape index (κ1) is 17.4. The van der Waals surface area contributed by atoms with Crippen LogP contribution in [0, 0.1) is 6.92 Å². The highest BCUT2D eigenvalue weighted by atomic mass is 32.2. The normalized spacial score (nSPS) is 12.7. The Hall–Kier alpha value is -1.64. The number of hydrogen-bond donors (Lipinski definition) is 3. The molecule has 0 unspecified atom stereocenters. The zero-order chi connectivity index (χ0) is 16.6. The molecule has 1 aromatic carbocycles. The first-order valence-corrected chi connectivity index (χ1v) is 7.56. The molecule has 1 aromatic rings. The second-order valence-corrected chi connectivity index (χ2v) is 7.53. The minimum atomic E-state index is -3.98. The summed E-state index contributed by atoms with van der Waals surface area (Å²) in [5.74, 6) is -1.92. The number of aryl methyl sites for hydroxylation is 1. The highest BCUT2D eigenvalue weighted by molar-refractivity contribution is 7.89. The summed E-state index contributed by atoms with van der Waals surface area (Å²) in [7, 11) is -2.69. The molecule has 3 N–H and O–H groups in total. The summed E-state index contributed by atoms with van der Waals surface area (Å²) in [6, 6.07) is 2.01. The van der Waals surface area contributed by atoms with Gasteiger partial charge in [-0.2, -0.15) is 4.31 Å². The Morgan fingerprint density at radius 3 is 2.29 bits per heavy atom. The summed E-state index contributed by atoms with van der Waals surface area (Å²) < 4.78 is 25.9. The molecule has 7 nitrogen and oxygen atoms in total. The topological polar surface area (TPSA) is 115 Å². The quantitative estimate of drug-likeness (QED) is 0.739. The van der Waals surface area contributed by atoms with E-state index < -0.39 is 32.9 Å². The number of phenols is 1. The summed E-state index contributed by atoms with van der Waals surface area (Å²) in [4.78, 5) is 10.8. The highest BCUT2D eigenvalue weighted by Crippen LogP contribution is 2.27. The first-order valence-electron chi connectivity index (χ1n) is 6.12. The molecule has 0 radical (unpaired) electrons. The molecule has 0 heterocycles. The van der Waals surface area contributed by atoms with E-state index in [1.54, 1.807) is 0 Å². The number of aromatic carboxylic acids is 1. The summed E-state index contributed by atoms with van der Waals surface area (Å²) in [5, 5.41) is 28.2. The number of rotatable bonds is 5. The molecule has 0 bridgehead atoms. The monoisotopic (exact) mass is 317 g/mol. The van der Waals surface area contributed by atoms with Crippen LogP contribution in [0.1, 0.15) is 29.8 Å². The molecule has 1 rings (SSSR count). The van der Waals surface area contributed by atoms with Gasteiger partial charge in [0, 0.05) is 13.6 Å². The van der Waals surface area contributed by atoms with Gasteiger partial charge in [-0.15, -0.1) is 0 Å². The maximum atomic E-state index is 12.5. The Morgan fingerprint density at radius 1 is 1.33 bits per heavy atom. The maximum Gasteiger partial charge on any atom is 0.339 e. The second kappa shape index (κ2) is 5.63. The Balaban J connectivity index is 3.38. The van der Waals surface area contributed by atoms with Crippen molar-refractivity contribution in [3.63, 3.8) is 0 Å². The second-order valence-electron chi connectivity index (χ2n) is 5.51. The van der Waals surface area contributed by atoms with Crippen molar-refractivity contribution in [2.45, 2.75) is 31.3 Å². The number of nitrogens with zero attached hydrogens (tertiary/aromatic N) is 1. The molecule has 0 spiro atoms. The van der Waals surface area contributed by atoms with Gasteiger partial charge in [0.15, 0.2) is 0 Å². The van der Waals surface area contributed by atoms with Crippen molar-refractivity contribution in [1.82, 2.24) is 4.31 Å². The molecule has 8 heteroatoms.